The van der Waals surface area contributed by atoms with Crippen LogP contribution in [0.4, 0.5) is 37.8 Å². The molecule has 0 aliphatic carbocycles. The van der Waals surface area contributed by atoms with E-state index in [0.717, 1.165) is 26.3 Å². The van der Waals surface area contributed by atoms with E-state index in [1.54, 1.807) is 6.92 Å². The fourth-order valence-electron chi connectivity index (χ4n) is 5.94. The number of ether oxygens (including phenoxy) is 1. The van der Waals surface area contributed by atoms with E-state index in [1.807, 2.05) is 6.92 Å². The highest BCUT2D eigenvalue weighted by atomic mass is 19.4. The minimum Gasteiger partial charge on any atom is -0.462 e. The van der Waals surface area contributed by atoms with E-state index in [0.29, 0.717) is 31.3 Å². The number of nitrogens with one attached hydrogen (secondary N) is 2. The number of allylic oxidation sites excluding steroid dienone is 2. The Bertz CT molecular complexity index is 1540. The minimum absolute atomic E-state index is 0.0329. The Labute approximate surface area is 252 Å². The molecule has 1 aromatic carbocycles. The number of hydrogen-bond acceptors (Lipinski definition) is 7. The van der Waals surface area contributed by atoms with Crippen LogP contribution in [0.3, 0.4) is 0 Å². The maximum absolute atomic E-state index is 16.5. The van der Waals surface area contributed by atoms with E-state index in [9.17, 15) is 22.0 Å². The number of likely N-dealkylation sites (N-methyl/N-ethyl adjacent to an activating group) is 1. The third-order valence-electron chi connectivity index (χ3n) is 8.17. The van der Waals surface area contributed by atoms with Gasteiger partial charge in [0.2, 0.25) is 0 Å². The Kier molecular flexibility index (Phi) is 10.3. The lowest BCUT2D eigenvalue weighted by atomic mass is 9.93. The number of benzene rings is 1. The van der Waals surface area contributed by atoms with E-state index in [4.69, 9.17) is 10.5 Å². The molecule has 7 nitrogen and oxygen atoms in total. The number of rotatable bonds is 11. The van der Waals surface area contributed by atoms with Crippen molar-refractivity contribution in [3.8, 4) is 6.01 Å². The summed E-state index contributed by atoms with van der Waals surface area (Å²) in [7, 11) is 0. The molecule has 2 fully saturated rings. The van der Waals surface area contributed by atoms with Crippen LogP contribution in [0.15, 0.2) is 25.3 Å². The van der Waals surface area contributed by atoms with Gasteiger partial charge in [0.05, 0.1) is 11.3 Å². The Morgan fingerprint density at radius 3 is 2.66 bits per heavy atom. The van der Waals surface area contributed by atoms with Gasteiger partial charge in [-0.15, -0.1) is 0 Å². The average molecular weight is 625 g/mol. The maximum Gasteiger partial charge on any atom is 0.417 e. The van der Waals surface area contributed by atoms with Crippen LogP contribution >= 0.6 is 0 Å². The second-order valence-corrected chi connectivity index (χ2v) is 11.0. The van der Waals surface area contributed by atoms with E-state index < -0.39 is 57.3 Å². The second kappa shape index (κ2) is 13.6. The molecule has 4 rings (SSSR count). The predicted molar refractivity (Wildman–Crippen MR) is 160 cm³/mol. The zero-order valence-electron chi connectivity index (χ0n) is 25.1. The molecule has 1 aromatic heterocycles. The zero-order chi connectivity index (χ0) is 32.3. The van der Waals surface area contributed by atoms with Gasteiger partial charge in [0.15, 0.2) is 5.83 Å². The SMILES string of the molecule is C=C/C(C)=c1\c(NCCNCC)nc(OCC2CC(F)C3CCCN23)n\c1=C(/F)C(=C)c1cc(N)c(F)c(C)c1C(F)(F)F. The summed E-state index contributed by atoms with van der Waals surface area (Å²) in [6.45, 7) is 14.2. The van der Waals surface area contributed by atoms with Crippen LogP contribution in [0, 0.1) is 12.7 Å². The van der Waals surface area contributed by atoms with Crippen molar-refractivity contribution in [1.82, 2.24) is 20.2 Å². The molecule has 44 heavy (non-hydrogen) atoms. The first-order valence-electron chi connectivity index (χ1n) is 14.5. The molecule has 240 valence electrons. The fraction of sp³-hybridized carbons (Fsp3) is 0.484. The fourth-order valence-corrected chi connectivity index (χ4v) is 5.94. The molecular formula is C31H38F6N6O. The molecule has 3 unspecified atom stereocenters. The first kappa shape index (κ1) is 33.3. The third-order valence-corrected chi connectivity index (χ3v) is 8.17. The average Bonchev–Trinajstić information content (AvgIpc) is 3.58. The second-order valence-electron chi connectivity index (χ2n) is 11.0. The highest BCUT2D eigenvalue weighted by molar-refractivity contribution is 5.95. The normalized spacial score (nSPS) is 21.6. The molecule has 2 aliphatic rings. The molecule has 13 heteroatoms. The maximum atomic E-state index is 16.5. The summed E-state index contributed by atoms with van der Waals surface area (Å²) in [6.07, 6.45) is -2.67. The monoisotopic (exact) mass is 624 g/mol. The van der Waals surface area contributed by atoms with Gasteiger partial charge in [0, 0.05) is 36.0 Å². The van der Waals surface area contributed by atoms with Crippen LogP contribution < -0.4 is 31.7 Å². The first-order valence-corrected chi connectivity index (χ1v) is 14.5. The molecule has 2 aromatic rings. The first-order chi connectivity index (χ1) is 20.8. The van der Waals surface area contributed by atoms with Crippen LogP contribution in [0.25, 0.3) is 17.0 Å². The quantitative estimate of drug-likeness (QED) is 0.191. The van der Waals surface area contributed by atoms with E-state index >= 15 is 4.39 Å². The molecule has 4 N–H and O–H groups in total. The predicted octanol–water partition coefficient (Wildman–Crippen LogP) is 4.65. The van der Waals surface area contributed by atoms with Gasteiger partial charge in [0.1, 0.15) is 29.8 Å². The number of hydrogen-bond donors (Lipinski definition) is 3. The van der Waals surface area contributed by atoms with Crippen molar-refractivity contribution in [2.45, 2.75) is 64.5 Å². The van der Waals surface area contributed by atoms with E-state index in [2.05, 4.69) is 38.7 Å². The molecule has 2 saturated heterocycles. The molecule has 0 spiro atoms. The number of anilines is 2. The topological polar surface area (TPSA) is 88.3 Å². The number of alkyl halides is 4. The number of nitrogen functional groups attached to an aromatic ring is 1. The van der Waals surface area contributed by atoms with Crippen molar-refractivity contribution in [3.05, 3.63) is 58.4 Å². The van der Waals surface area contributed by atoms with Crippen molar-refractivity contribution < 1.29 is 31.1 Å². The molecule has 3 heterocycles. The summed E-state index contributed by atoms with van der Waals surface area (Å²) < 4.78 is 93.8. The minimum atomic E-state index is -5.04. The Hall–Kier alpha value is -3.58. The smallest absolute Gasteiger partial charge is 0.417 e. The lowest BCUT2D eigenvalue weighted by Crippen LogP contribution is -2.39. The lowest BCUT2D eigenvalue weighted by molar-refractivity contribution is -0.138. The van der Waals surface area contributed by atoms with Crippen LogP contribution in [0.5, 0.6) is 6.01 Å². The Morgan fingerprint density at radius 2 is 2.00 bits per heavy atom. The number of nitrogens with two attached hydrogens (primary N) is 1. The van der Waals surface area contributed by atoms with Gasteiger partial charge in [-0.1, -0.05) is 26.2 Å². The Balaban J connectivity index is 1.88. The largest absolute Gasteiger partial charge is 0.462 e. The zero-order valence-corrected chi connectivity index (χ0v) is 25.1. The van der Waals surface area contributed by atoms with Gasteiger partial charge in [-0.25, -0.2) is 13.2 Å². The number of nitrogens with zero attached hydrogens (tertiary/aromatic N) is 3. The summed E-state index contributed by atoms with van der Waals surface area (Å²) in [4.78, 5) is 10.8. The molecule has 0 amide bonds. The summed E-state index contributed by atoms with van der Waals surface area (Å²) in [6, 6.07) is 0.0574. The van der Waals surface area contributed by atoms with Crippen LogP contribution in [0.2, 0.25) is 0 Å². The molecule has 0 saturated carbocycles. The van der Waals surface area contributed by atoms with E-state index in [1.165, 1.54) is 6.08 Å². The Morgan fingerprint density at radius 1 is 1.27 bits per heavy atom. The third kappa shape index (κ3) is 6.73. The van der Waals surface area contributed by atoms with Gasteiger partial charge in [-0.3, -0.25) is 4.90 Å². The van der Waals surface area contributed by atoms with Gasteiger partial charge >= 0.3 is 12.2 Å². The van der Waals surface area contributed by atoms with Crippen molar-refractivity contribution >= 4 is 28.5 Å². The highest BCUT2D eigenvalue weighted by Gasteiger charge is 2.44. The van der Waals surface area contributed by atoms with Crippen molar-refractivity contribution in [2.24, 2.45) is 0 Å². The summed E-state index contributed by atoms with van der Waals surface area (Å²) in [5, 5.41) is 6.00. The molecule has 3 atom stereocenters. The standard InChI is InChI=1S/C31H38F6N6O/c1-6-16(3)24-28(27(34)17(4)20-14-22(38)26(33)18(5)25(20)31(35,36)37)41-30(42-29(24)40-11-10-39-7-2)44-15-19-13-21(32)23-9-8-12-43(19)23/h6,14,19,21,23,39H,1,4,7-13,15,38H2,2-3,5H3,(H,40,41,42)/b24-16-,28-27-. The summed E-state index contributed by atoms with van der Waals surface area (Å²) >= 11 is 0. The summed E-state index contributed by atoms with van der Waals surface area (Å²) in [5.41, 5.74) is 1.88. The number of aromatic nitrogens is 2. The van der Waals surface area contributed by atoms with Crippen molar-refractivity contribution in [3.63, 3.8) is 0 Å². The molecular weight excluding hydrogens is 586 g/mol. The van der Waals surface area contributed by atoms with Crippen LogP contribution in [-0.2, 0) is 6.18 Å². The van der Waals surface area contributed by atoms with E-state index in [-0.39, 0.29) is 42.2 Å². The molecule has 0 radical (unpaired) electrons. The van der Waals surface area contributed by atoms with Gasteiger partial charge < -0.3 is 21.1 Å². The summed E-state index contributed by atoms with van der Waals surface area (Å²) in [5.74, 6) is -2.32. The number of fused-ring (bicyclic) bond motifs is 1. The molecule has 2 aliphatic heterocycles. The van der Waals surface area contributed by atoms with Crippen LogP contribution in [-0.4, -0.2) is 65.9 Å². The van der Waals surface area contributed by atoms with Gasteiger partial charge in [-0.2, -0.15) is 23.1 Å². The highest BCUT2D eigenvalue weighted by Crippen LogP contribution is 2.41. The van der Waals surface area contributed by atoms with Gasteiger partial charge in [0.25, 0.3) is 0 Å². The van der Waals surface area contributed by atoms with Gasteiger partial charge in [-0.05, 0) is 69.0 Å². The van der Waals surface area contributed by atoms with Crippen molar-refractivity contribution in [1.29, 1.82) is 0 Å². The number of halogens is 6. The van der Waals surface area contributed by atoms with Crippen LogP contribution in [0.1, 0.15) is 49.8 Å². The molecule has 0 bridgehead atoms. The lowest BCUT2D eigenvalue weighted by Gasteiger charge is -2.23. The van der Waals surface area contributed by atoms with Crippen molar-refractivity contribution in [2.75, 3.05) is 43.8 Å².